The molecular weight excluding hydrogens is 487 g/mol. The Hall–Kier alpha value is -4.24. The number of carbonyl (C=O) groups is 3. The third-order valence-electron chi connectivity index (χ3n) is 6.26. The first kappa shape index (κ1) is 26.8. The molecule has 38 heavy (non-hydrogen) atoms. The fourth-order valence-electron chi connectivity index (χ4n) is 4.21. The Kier molecular flexibility index (Phi) is 8.38. The van der Waals surface area contributed by atoms with Gasteiger partial charge in [0.05, 0.1) is 6.54 Å². The van der Waals surface area contributed by atoms with E-state index < -0.39 is 24.1 Å². The number of hydrogen-bond donors (Lipinski definition) is 2. The van der Waals surface area contributed by atoms with E-state index >= 15 is 0 Å². The largest absolute Gasteiger partial charge is 0.438 e. The van der Waals surface area contributed by atoms with Gasteiger partial charge in [-0.2, -0.15) is 0 Å². The summed E-state index contributed by atoms with van der Waals surface area (Å²) in [5, 5.41) is 5.76. The van der Waals surface area contributed by atoms with E-state index in [9.17, 15) is 18.8 Å². The van der Waals surface area contributed by atoms with E-state index in [1.54, 1.807) is 48.5 Å². The van der Waals surface area contributed by atoms with Crippen LogP contribution < -0.4 is 10.6 Å². The highest BCUT2D eigenvalue weighted by Gasteiger charge is 2.47. The van der Waals surface area contributed by atoms with Crippen LogP contribution in [0.15, 0.2) is 72.8 Å². The van der Waals surface area contributed by atoms with Gasteiger partial charge < -0.3 is 20.3 Å². The van der Waals surface area contributed by atoms with Crippen molar-refractivity contribution in [2.75, 3.05) is 32.5 Å². The van der Waals surface area contributed by atoms with Crippen LogP contribution in [0.3, 0.4) is 0 Å². The summed E-state index contributed by atoms with van der Waals surface area (Å²) in [5.74, 6) is -1.03. The van der Waals surface area contributed by atoms with Gasteiger partial charge in [-0.15, -0.1) is 0 Å². The molecule has 1 fully saturated rings. The molecule has 0 saturated carbocycles. The summed E-state index contributed by atoms with van der Waals surface area (Å²) in [6, 6.07) is 18.9. The molecule has 2 unspecified atom stereocenters. The Balaban J connectivity index is 1.58. The zero-order chi connectivity index (χ0) is 27.2. The molecule has 3 aromatic rings. The van der Waals surface area contributed by atoms with Crippen molar-refractivity contribution in [3.05, 3.63) is 101 Å². The Morgan fingerprint density at radius 2 is 1.74 bits per heavy atom. The third-order valence-corrected chi connectivity index (χ3v) is 6.26. The quantitative estimate of drug-likeness (QED) is 0.445. The molecule has 0 aromatic heterocycles. The second-order valence-electron chi connectivity index (χ2n) is 9.54. The van der Waals surface area contributed by atoms with Gasteiger partial charge in [0, 0.05) is 24.3 Å². The maximum Gasteiger partial charge on any atom is 0.411 e. The monoisotopic (exact) mass is 518 g/mol. The third kappa shape index (κ3) is 6.54. The first-order valence-corrected chi connectivity index (χ1v) is 12.3. The van der Waals surface area contributed by atoms with Gasteiger partial charge >= 0.3 is 6.09 Å². The van der Waals surface area contributed by atoms with Crippen molar-refractivity contribution in [1.82, 2.24) is 15.1 Å². The molecule has 2 atom stereocenters. The van der Waals surface area contributed by atoms with Crippen molar-refractivity contribution in [3.63, 3.8) is 0 Å². The predicted molar refractivity (Wildman–Crippen MR) is 142 cm³/mol. The van der Waals surface area contributed by atoms with Crippen molar-refractivity contribution in [2.24, 2.45) is 0 Å². The Morgan fingerprint density at radius 1 is 1.03 bits per heavy atom. The molecule has 0 spiro atoms. The molecule has 1 aliphatic rings. The number of rotatable bonds is 9. The summed E-state index contributed by atoms with van der Waals surface area (Å²) < 4.78 is 19.1. The molecule has 3 amide bonds. The van der Waals surface area contributed by atoms with Gasteiger partial charge in [-0.3, -0.25) is 14.5 Å². The van der Waals surface area contributed by atoms with Crippen LogP contribution in [-0.2, 0) is 16.1 Å². The molecule has 9 heteroatoms. The molecule has 1 aliphatic heterocycles. The van der Waals surface area contributed by atoms with Crippen molar-refractivity contribution in [2.45, 2.75) is 25.6 Å². The number of ether oxygens (including phenoxy) is 1. The molecule has 1 saturated heterocycles. The molecule has 0 bridgehead atoms. The first-order valence-electron chi connectivity index (χ1n) is 12.3. The topological polar surface area (TPSA) is 91.0 Å². The number of nitrogens with one attached hydrogen (secondary N) is 2. The van der Waals surface area contributed by atoms with E-state index in [4.69, 9.17) is 4.74 Å². The zero-order valence-electron chi connectivity index (χ0n) is 21.6. The minimum Gasteiger partial charge on any atom is -0.438 e. The fraction of sp³-hybridized carbons (Fsp3) is 0.276. The Morgan fingerprint density at radius 3 is 2.42 bits per heavy atom. The average Bonchev–Trinajstić information content (AvgIpc) is 3.21. The number of aryl methyl sites for hydroxylation is 1. The lowest BCUT2D eigenvalue weighted by atomic mass is 10.00. The molecule has 4 rings (SSSR count). The van der Waals surface area contributed by atoms with Crippen molar-refractivity contribution < 1.29 is 23.5 Å². The van der Waals surface area contributed by atoms with E-state index in [1.807, 2.05) is 38.1 Å². The van der Waals surface area contributed by atoms with Gasteiger partial charge in [-0.25, -0.2) is 9.18 Å². The van der Waals surface area contributed by atoms with Crippen LogP contribution in [0, 0.1) is 12.7 Å². The minimum atomic E-state index is -0.960. The highest BCUT2D eigenvalue weighted by atomic mass is 19.1. The lowest BCUT2D eigenvalue weighted by Crippen LogP contribution is -2.47. The number of halogens is 1. The van der Waals surface area contributed by atoms with E-state index in [-0.39, 0.29) is 18.4 Å². The van der Waals surface area contributed by atoms with Crippen LogP contribution in [0.5, 0.6) is 0 Å². The van der Waals surface area contributed by atoms with Crippen LogP contribution in [0.1, 0.15) is 33.2 Å². The normalized spacial score (nSPS) is 16.9. The summed E-state index contributed by atoms with van der Waals surface area (Å²) in [7, 11) is 3.79. The van der Waals surface area contributed by atoms with Crippen LogP contribution in [0.4, 0.5) is 14.9 Å². The van der Waals surface area contributed by atoms with E-state index in [0.29, 0.717) is 35.5 Å². The SMILES string of the molecule is Cc1ccc(C(=O)Nc2cccc(C3OC(=O)N(Cc4ccc(F)cc4)C3C(=O)NCCN(C)C)c2)cc1. The number of hydrogen-bond acceptors (Lipinski definition) is 5. The van der Waals surface area contributed by atoms with Crippen molar-refractivity contribution in [3.8, 4) is 0 Å². The molecule has 0 aliphatic carbocycles. The molecule has 1 heterocycles. The summed E-state index contributed by atoms with van der Waals surface area (Å²) in [4.78, 5) is 42.3. The number of anilines is 1. The smallest absolute Gasteiger partial charge is 0.411 e. The number of amides is 3. The molecule has 8 nitrogen and oxygen atoms in total. The van der Waals surface area contributed by atoms with Crippen LogP contribution in [0.2, 0.25) is 0 Å². The van der Waals surface area contributed by atoms with Gasteiger partial charge in [0.15, 0.2) is 12.1 Å². The second-order valence-corrected chi connectivity index (χ2v) is 9.54. The molecular formula is C29H31FN4O4. The maximum atomic E-state index is 13.4. The van der Waals surface area contributed by atoms with Gasteiger partial charge in [0.25, 0.3) is 5.91 Å². The maximum absolute atomic E-state index is 13.4. The van der Waals surface area contributed by atoms with Crippen LogP contribution in [-0.4, -0.2) is 60.9 Å². The van der Waals surface area contributed by atoms with Gasteiger partial charge in [0.1, 0.15) is 5.82 Å². The Bertz CT molecular complexity index is 1290. The van der Waals surface area contributed by atoms with E-state index in [0.717, 1.165) is 5.56 Å². The second kappa shape index (κ2) is 11.9. The van der Waals surface area contributed by atoms with Crippen LogP contribution >= 0.6 is 0 Å². The number of likely N-dealkylation sites (N-methyl/N-ethyl adjacent to an activating group) is 1. The van der Waals surface area contributed by atoms with Gasteiger partial charge in [0.2, 0.25) is 5.91 Å². The number of benzene rings is 3. The standard InChI is InChI=1S/C29H31FN4O4/c1-19-7-11-21(12-8-19)27(35)32-24-6-4-5-22(17-24)26-25(28(36)31-15-16-33(2)3)34(29(37)38-26)18-20-9-13-23(30)14-10-20/h4-14,17,25-26H,15-16,18H2,1-3H3,(H,31,36)(H,32,35). The lowest BCUT2D eigenvalue weighted by Gasteiger charge is -2.24. The van der Waals surface area contributed by atoms with Crippen LogP contribution in [0.25, 0.3) is 0 Å². The molecule has 3 aromatic carbocycles. The Labute approximate surface area is 221 Å². The highest BCUT2D eigenvalue weighted by Crippen LogP contribution is 2.35. The minimum absolute atomic E-state index is 0.0746. The predicted octanol–water partition coefficient (Wildman–Crippen LogP) is 4.13. The average molecular weight is 519 g/mol. The highest BCUT2D eigenvalue weighted by molar-refractivity contribution is 6.04. The molecule has 2 N–H and O–H groups in total. The van der Waals surface area contributed by atoms with E-state index in [2.05, 4.69) is 10.6 Å². The van der Waals surface area contributed by atoms with Crippen molar-refractivity contribution >= 4 is 23.6 Å². The first-order chi connectivity index (χ1) is 18.2. The fourth-order valence-corrected chi connectivity index (χ4v) is 4.21. The zero-order valence-corrected chi connectivity index (χ0v) is 21.6. The molecule has 0 radical (unpaired) electrons. The number of nitrogens with zero attached hydrogens (tertiary/aromatic N) is 2. The summed E-state index contributed by atoms with van der Waals surface area (Å²) in [6.07, 6.45) is -1.56. The summed E-state index contributed by atoms with van der Waals surface area (Å²) in [5.41, 5.74) is 3.29. The number of carbonyl (C=O) groups excluding carboxylic acids is 3. The summed E-state index contributed by atoms with van der Waals surface area (Å²) in [6.45, 7) is 3.03. The van der Waals surface area contributed by atoms with Crippen molar-refractivity contribution in [1.29, 1.82) is 0 Å². The molecule has 198 valence electrons. The van der Waals surface area contributed by atoms with E-state index in [1.165, 1.54) is 17.0 Å². The lowest BCUT2D eigenvalue weighted by molar-refractivity contribution is -0.126. The number of cyclic esters (lactones) is 1. The van der Waals surface area contributed by atoms with Gasteiger partial charge in [-0.05, 0) is 68.5 Å². The summed E-state index contributed by atoms with van der Waals surface area (Å²) >= 11 is 0. The van der Waals surface area contributed by atoms with Gasteiger partial charge in [-0.1, -0.05) is 42.0 Å².